The molecule has 1 amide bonds. The second-order valence-corrected chi connectivity index (χ2v) is 5.87. The van der Waals surface area contributed by atoms with Gasteiger partial charge in [0.25, 0.3) is 5.91 Å². The summed E-state index contributed by atoms with van der Waals surface area (Å²) in [7, 11) is 0. The number of amides is 1. The molecule has 0 bridgehead atoms. The lowest BCUT2D eigenvalue weighted by atomic mass is 10.1. The largest absolute Gasteiger partial charge is 0.494 e. The van der Waals surface area contributed by atoms with Crippen LogP contribution in [0.4, 0.5) is 5.69 Å². The smallest absolute Gasteiger partial charge is 0.258 e. The minimum Gasteiger partial charge on any atom is -0.494 e. The maximum absolute atomic E-state index is 12.7. The van der Waals surface area contributed by atoms with Crippen LogP contribution in [0.5, 0.6) is 5.75 Å². The quantitative estimate of drug-likeness (QED) is 0.862. The number of thioether (sulfide) groups is 1. The molecular formula is C17H17NO2S. The second kappa shape index (κ2) is 6.22. The van der Waals surface area contributed by atoms with Crippen LogP contribution >= 0.6 is 11.8 Å². The molecule has 1 aliphatic rings. The molecule has 4 heteroatoms. The van der Waals surface area contributed by atoms with Gasteiger partial charge in [-0.05, 0) is 43.3 Å². The van der Waals surface area contributed by atoms with Crippen molar-refractivity contribution >= 4 is 23.4 Å². The molecule has 1 aliphatic heterocycles. The number of rotatable bonds is 3. The van der Waals surface area contributed by atoms with Crippen LogP contribution in [0.2, 0.25) is 0 Å². The molecule has 3 rings (SSSR count). The molecular weight excluding hydrogens is 282 g/mol. The summed E-state index contributed by atoms with van der Waals surface area (Å²) in [5.41, 5.74) is 1.70. The van der Waals surface area contributed by atoms with Gasteiger partial charge in [0.05, 0.1) is 12.3 Å². The van der Waals surface area contributed by atoms with Gasteiger partial charge in [-0.25, -0.2) is 0 Å². The Hall–Kier alpha value is -1.94. The number of hydrogen-bond acceptors (Lipinski definition) is 3. The van der Waals surface area contributed by atoms with Crippen molar-refractivity contribution < 1.29 is 9.53 Å². The first-order chi connectivity index (χ1) is 10.3. The number of fused-ring (bicyclic) bond motifs is 1. The van der Waals surface area contributed by atoms with Crippen molar-refractivity contribution in [3.63, 3.8) is 0 Å². The molecule has 21 heavy (non-hydrogen) atoms. The Kier molecular flexibility index (Phi) is 4.15. The van der Waals surface area contributed by atoms with Crippen LogP contribution < -0.4 is 9.64 Å². The van der Waals surface area contributed by atoms with E-state index in [-0.39, 0.29) is 5.91 Å². The lowest BCUT2D eigenvalue weighted by Gasteiger charge is -2.29. The number of carbonyl (C=O) groups is 1. The fraction of sp³-hybridized carbons (Fsp3) is 0.235. The van der Waals surface area contributed by atoms with Crippen molar-refractivity contribution in [1.29, 1.82) is 0 Å². The average molecular weight is 299 g/mol. The zero-order valence-corrected chi connectivity index (χ0v) is 12.7. The summed E-state index contributed by atoms with van der Waals surface area (Å²) in [6.07, 6.45) is 0. The van der Waals surface area contributed by atoms with E-state index in [4.69, 9.17) is 4.74 Å². The van der Waals surface area contributed by atoms with Crippen molar-refractivity contribution in [3.8, 4) is 5.75 Å². The summed E-state index contributed by atoms with van der Waals surface area (Å²) < 4.78 is 5.41. The minimum absolute atomic E-state index is 0.0470. The van der Waals surface area contributed by atoms with Gasteiger partial charge in [0.1, 0.15) is 5.75 Å². The van der Waals surface area contributed by atoms with Gasteiger partial charge in [-0.3, -0.25) is 4.79 Å². The Morgan fingerprint density at radius 2 is 1.95 bits per heavy atom. The van der Waals surface area contributed by atoms with Gasteiger partial charge in [0.15, 0.2) is 0 Å². The molecule has 0 atom stereocenters. The molecule has 2 aromatic rings. The van der Waals surface area contributed by atoms with Gasteiger partial charge >= 0.3 is 0 Å². The zero-order chi connectivity index (χ0) is 14.7. The lowest BCUT2D eigenvalue weighted by molar-refractivity contribution is 0.0987. The summed E-state index contributed by atoms with van der Waals surface area (Å²) in [6, 6.07) is 15.4. The SMILES string of the molecule is CCOc1ccc(C(=O)N2CCSc3ccccc32)cc1. The molecule has 0 unspecified atom stereocenters. The van der Waals surface area contributed by atoms with Gasteiger partial charge < -0.3 is 9.64 Å². The molecule has 0 radical (unpaired) electrons. The van der Waals surface area contributed by atoms with Gasteiger partial charge in [0.2, 0.25) is 0 Å². The van der Waals surface area contributed by atoms with Gasteiger partial charge in [-0.1, -0.05) is 12.1 Å². The number of hydrogen-bond donors (Lipinski definition) is 0. The highest BCUT2D eigenvalue weighted by Gasteiger charge is 2.23. The molecule has 0 aromatic heterocycles. The van der Waals surface area contributed by atoms with E-state index in [1.165, 1.54) is 4.90 Å². The summed E-state index contributed by atoms with van der Waals surface area (Å²) in [6.45, 7) is 3.32. The van der Waals surface area contributed by atoms with Crippen LogP contribution in [0.3, 0.4) is 0 Å². The van der Waals surface area contributed by atoms with Crippen LogP contribution in [0, 0.1) is 0 Å². The van der Waals surface area contributed by atoms with Crippen molar-refractivity contribution in [2.45, 2.75) is 11.8 Å². The van der Waals surface area contributed by atoms with Gasteiger partial charge in [-0.15, -0.1) is 11.8 Å². The van der Waals surface area contributed by atoms with E-state index in [1.54, 1.807) is 11.8 Å². The summed E-state index contributed by atoms with van der Waals surface area (Å²) >= 11 is 1.80. The van der Waals surface area contributed by atoms with E-state index < -0.39 is 0 Å². The molecule has 2 aromatic carbocycles. The summed E-state index contributed by atoms with van der Waals surface area (Å²) in [5, 5.41) is 0. The molecule has 0 N–H and O–H groups in total. The average Bonchev–Trinajstić information content (AvgIpc) is 2.55. The first kappa shape index (κ1) is 14.0. The normalized spacial score (nSPS) is 13.7. The van der Waals surface area contributed by atoms with Crippen molar-refractivity contribution in [2.75, 3.05) is 23.8 Å². The predicted octanol–water partition coefficient (Wildman–Crippen LogP) is 3.84. The van der Waals surface area contributed by atoms with Crippen molar-refractivity contribution in [2.24, 2.45) is 0 Å². The number of para-hydroxylation sites is 1. The van der Waals surface area contributed by atoms with Gasteiger partial charge in [-0.2, -0.15) is 0 Å². The number of carbonyl (C=O) groups excluding carboxylic acids is 1. The number of nitrogens with zero attached hydrogens (tertiary/aromatic N) is 1. The fourth-order valence-corrected chi connectivity index (χ4v) is 3.39. The highest BCUT2D eigenvalue weighted by Crippen LogP contribution is 2.35. The first-order valence-corrected chi connectivity index (χ1v) is 8.04. The molecule has 3 nitrogen and oxygen atoms in total. The van der Waals surface area contributed by atoms with E-state index in [0.717, 1.165) is 23.7 Å². The number of anilines is 1. The minimum atomic E-state index is 0.0470. The zero-order valence-electron chi connectivity index (χ0n) is 11.9. The monoisotopic (exact) mass is 299 g/mol. The van der Waals surface area contributed by atoms with E-state index in [9.17, 15) is 4.79 Å². The highest BCUT2D eigenvalue weighted by atomic mass is 32.2. The summed E-state index contributed by atoms with van der Waals surface area (Å²) in [4.78, 5) is 15.7. The molecule has 0 spiro atoms. The van der Waals surface area contributed by atoms with Crippen LogP contribution in [0.25, 0.3) is 0 Å². The van der Waals surface area contributed by atoms with E-state index >= 15 is 0 Å². The third-order valence-electron chi connectivity index (χ3n) is 3.39. The highest BCUT2D eigenvalue weighted by molar-refractivity contribution is 7.99. The van der Waals surface area contributed by atoms with E-state index in [1.807, 2.05) is 54.3 Å². The van der Waals surface area contributed by atoms with E-state index in [2.05, 4.69) is 6.07 Å². The van der Waals surface area contributed by atoms with Crippen LogP contribution in [0.1, 0.15) is 17.3 Å². The first-order valence-electron chi connectivity index (χ1n) is 7.06. The lowest BCUT2D eigenvalue weighted by Crippen LogP contribution is -2.35. The Morgan fingerprint density at radius 1 is 1.19 bits per heavy atom. The number of benzene rings is 2. The van der Waals surface area contributed by atoms with E-state index in [0.29, 0.717) is 12.2 Å². The maximum Gasteiger partial charge on any atom is 0.258 e. The molecule has 1 heterocycles. The third kappa shape index (κ3) is 2.90. The third-order valence-corrected chi connectivity index (χ3v) is 4.43. The van der Waals surface area contributed by atoms with Crippen LogP contribution in [-0.2, 0) is 0 Å². The fourth-order valence-electron chi connectivity index (χ4n) is 2.40. The van der Waals surface area contributed by atoms with Crippen LogP contribution in [-0.4, -0.2) is 24.8 Å². The van der Waals surface area contributed by atoms with Gasteiger partial charge in [0, 0.05) is 22.8 Å². The molecule has 0 saturated heterocycles. The van der Waals surface area contributed by atoms with Crippen LogP contribution in [0.15, 0.2) is 53.4 Å². The Bertz CT molecular complexity index is 639. The maximum atomic E-state index is 12.7. The Balaban J connectivity index is 1.86. The number of ether oxygens (including phenoxy) is 1. The standard InChI is InChI=1S/C17H17NO2S/c1-2-20-14-9-7-13(8-10-14)17(19)18-11-12-21-16-6-4-3-5-15(16)18/h3-10H,2,11-12H2,1H3. The molecule has 0 fully saturated rings. The van der Waals surface area contributed by atoms with Crippen molar-refractivity contribution in [3.05, 3.63) is 54.1 Å². The predicted molar refractivity (Wildman–Crippen MR) is 86.5 cm³/mol. The Morgan fingerprint density at radius 3 is 2.71 bits per heavy atom. The molecule has 0 saturated carbocycles. The second-order valence-electron chi connectivity index (χ2n) is 4.73. The summed E-state index contributed by atoms with van der Waals surface area (Å²) in [5.74, 6) is 1.77. The Labute approximate surface area is 128 Å². The topological polar surface area (TPSA) is 29.5 Å². The molecule has 108 valence electrons. The van der Waals surface area contributed by atoms with Crippen molar-refractivity contribution in [1.82, 2.24) is 0 Å². The molecule has 0 aliphatic carbocycles.